The predicted molar refractivity (Wildman–Crippen MR) is 72.8 cm³/mol. The van der Waals surface area contributed by atoms with Gasteiger partial charge in [0.15, 0.2) is 12.4 Å². The lowest BCUT2D eigenvalue weighted by Crippen LogP contribution is -2.18. The van der Waals surface area contributed by atoms with E-state index >= 15 is 0 Å². The van der Waals surface area contributed by atoms with Crippen LogP contribution in [-0.4, -0.2) is 23.8 Å². The molecule has 4 nitrogen and oxygen atoms in total. The molecule has 1 rings (SSSR count). The highest BCUT2D eigenvalue weighted by Crippen LogP contribution is 2.31. The Kier molecular flexibility index (Phi) is 5.89. The summed E-state index contributed by atoms with van der Waals surface area (Å²) in [6, 6.07) is 2.26. The van der Waals surface area contributed by atoms with E-state index in [2.05, 4.69) is 17.2 Å². The van der Waals surface area contributed by atoms with Crippen LogP contribution in [-0.2, 0) is 9.53 Å². The second-order valence-corrected chi connectivity index (χ2v) is 4.35. The molecule has 19 heavy (non-hydrogen) atoms. The molecule has 0 unspecified atom stereocenters. The molecule has 0 amide bonds. The number of rotatable bonds is 5. The summed E-state index contributed by atoms with van der Waals surface area (Å²) in [6.45, 7) is 3.11. The van der Waals surface area contributed by atoms with E-state index in [9.17, 15) is 9.18 Å². The van der Waals surface area contributed by atoms with Gasteiger partial charge in [-0.15, -0.1) is 0 Å². The van der Waals surface area contributed by atoms with Crippen molar-refractivity contribution in [3.63, 3.8) is 0 Å². The second-order valence-electron chi connectivity index (χ2n) is 3.76. The summed E-state index contributed by atoms with van der Waals surface area (Å²) in [5, 5.41) is 2.07. The highest BCUT2D eigenvalue weighted by molar-refractivity contribution is 7.78. The summed E-state index contributed by atoms with van der Waals surface area (Å²) in [5.74, 6) is -1.08. The molecule has 0 aliphatic heterocycles. The van der Waals surface area contributed by atoms with Crippen molar-refractivity contribution in [2.75, 3.05) is 6.61 Å². The lowest BCUT2D eigenvalue weighted by molar-refractivity contribution is -0.149. The third-order valence-electron chi connectivity index (χ3n) is 1.88. The van der Waals surface area contributed by atoms with Crippen molar-refractivity contribution < 1.29 is 18.7 Å². The van der Waals surface area contributed by atoms with Crippen LogP contribution in [0, 0.1) is 5.82 Å². The zero-order chi connectivity index (χ0) is 14.4. The van der Waals surface area contributed by atoms with E-state index < -0.39 is 11.8 Å². The van der Waals surface area contributed by atoms with E-state index in [4.69, 9.17) is 21.1 Å². The number of hydrogen-bond donors (Lipinski definition) is 0. The molecule has 0 radical (unpaired) electrons. The first kappa shape index (κ1) is 15.6. The monoisotopic (exact) mass is 303 g/mol. The summed E-state index contributed by atoms with van der Waals surface area (Å²) >= 11 is 10.2. The number of ether oxygens (including phenoxy) is 2. The van der Waals surface area contributed by atoms with Gasteiger partial charge in [-0.05, 0) is 32.1 Å². The molecule has 0 aromatic heterocycles. The van der Waals surface area contributed by atoms with E-state index in [1.54, 1.807) is 13.8 Å². The standard InChI is InChI=1S/C12H11ClFNO3S/c1-7(2)18-12(16)5-17-11-4-10(15-6-19)9(14)3-8(11)13/h3-4,7H,5H2,1-2H3. The van der Waals surface area contributed by atoms with Gasteiger partial charge in [-0.2, -0.15) is 4.99 Å². The average molecular weight is 304 g/mol. The summed E-state index contributed by atoms with van der Waals surface area (Å²) < 4.78 is 23.4. The van der Waals surface area contributed by atoms with Crippen molar-refractivity contribution in [3.8, 4) is 5.75 Å². The Bertz CT molecular complexity index is 530. The molecule has 102 valence electrons. The Hall–Kier alpha value is -1.49. The maximum Gasteiger partial charge on any atom is 0.344 e. The zero-order valence-electron chi connectivity index (χ0n) is 10.3. The summed E-state index contributed by atoms with van der Waals surface area (Å²) in [6.07, 6.45) is -0.241. The van der Waals surface area contributed by atoms with E-state index in [0.717, 1.165) is 6.07 Å². The molecule has 0 bridgehead atoms. The number of thiocarbonyl (C=S) groups is 1. The van der Waals surface area contributed by atoms with E-state index in [1.807, 2.05) is 5.16 Å². The third-order valence-corrected chi connectivity index (χ3v) is 2.27. The van der Waals surface area contributed by atoms with Crippen LogP contribution < -0.4 is 4.74 Å². The second kappa shape index (κ2) is 7.19. The Morgan fingerprint density at radius 2 is 2.26 bits per heavy atom. The number of carbonyl (C=O) groups is 1. The van der Waals surface area contributed by atoms with Crippen LogP contribution >= 0.6 is 23.8 Å². The molecule has 0 heterocycles. The number of carbonyl (C=O) groups excluding carboxylic acids is 1. The fourth-order valence-corrected chi connectivity index (χ4v) is 1.50. The first-order chi connectivity index (χ1) is 8.93. The van der Waals surface area contributed by atoms with Crippen molar-refractivity contribution in [1.82, 2.24) is 0 Å². The van der Waals surface area contributed by atoms with Gasteiger partial charge >= 0.3 is 5.97 Å². The van der Waals surface area contributed by atoms with Gasteiger partial charge in [-0.3, -0.25) is 0 Å². The minimum Gasteiger partial charge on any atom is -0.480 e. The summed E-state index contributed by atoms with van der Waals surface area (Å²) in [5.41, 5.74) is -0.0633. The molecule has 0 aliphatic carbocycles. The van der Waals surface area contributed by atoms with Crippen LogP contribution in [0.3, 0.4) is 0 Å². The highest BCUT2D eigenvalue weighted by Gasteiger charge is 2.12. The van der Waals surface area contributed by atoms with Crippen LogP contribution in [0.4, 0.5) is 10.1 Å². The van der Waals surface area contributed by atoms with E-state index in [-0.39, 0.29) is 29.2 Å². The van der Waals surface area contributed by atoms with Gasteiger partial charge in [0.05, 0.1) is 16.3 Å². The molecule has 7 heteroatoms. The van der Waals surface area contributed by atoms with Gasteiger partial charge in [-0.1, -0.05) is 11.6 Å². The van der Waals surface area contributed by atoms with Crippen molar-refractivity contribution in [2.45, 2.75) is 20.0 Å². The smallest absolute Gasteiger partial charge is 0.344 e. The molecule has 0 atom stereocenters. The molecule has 1 aromatic carbocycles. The maximum atomic E-state index is 13.4. The van der Waals surface area contributed by atoms with Gasteiger partial charge < -0.3 is 9.47 Å². The summed E-state index contributed by atoms with van der Waals surface area (Å²) in [4.78, 5) is 14.8. The van der Waals surface area contributed by atoms with Crippen LogP contribution in [0.25, 0.3) is 0 Å². The fraction of sp³-hybridized carbons (Fsp3) is 0.333. The van der Waals surface area contributed by atoms with E-state index in [1.165, 1.54) is 6.07 Å². The molecular formula is C12H11ClFNO3S. The van der Waals surface area contributed by atoms with Gasteiger partial charge in [0, 0.05) is 6.07 Å². The Labute approximate surface area is 120 Å². The third kappa shape index (κ3) is 4.95. The number of halogens is 2. The van der Waals surface area contributed by atoms with Gasteiger partial charge in [0.25, 0.3) is 0 Å². The Morgan fingerprint density at radius 1 is 1.58 bits per heavy atom. The molecule has 1 aromatic rings. The molecule has 0 fully saturated rings. The fourth-order valence-electron chi connectivity index (χ4n) is 1.20. The first-order valence-corrected chi connectivity index (χ1v) is 6.12. The van der Waals surface area contributed by atoms with Crippen molar-refractivity contribution in [2.24, 2.45) is 4.99 Å². The van der Waals surface area contributed by atoms with Gasteiger partial charge in [-0.25, -0.2) is 9.18 Å². The Morgan fingerprint density at radius 3 is 2.84 bits per heavy atom. The van der Waals surface area contributed by atoms with Crippen LogP contribution in [0.2, 0.25) is 5.02 Å². The normalized spacial score (nSPS) is 9.95. The number of isothiocyanates is 1. The maximum absolute atomic E-state index is 13.4. The molecule has 0 N–H and O–H groups in total. The van der Waals surface area contributed by atoms with Crippen LogP contribution in [0.15, 0.2) is 17.1 Å². The first-order valence-electron chi connectivity index (χ1n) is 5.33. The number of aliphatic imine (C=N–C) groups is 1. The van der Waals surface area contributed by atoms with Crippen molar-refractivity contribution in [1.29, 1.82) is 0 Å². The zero-order valence-corrected chi connectivity index (χ0v) is 11.8. The van der Waals surface area contributed by atoms with E-state index in [0.29, 0.717) is 0 Å². The minimum absolute atomic E-state index is 0.0261. The van der Waals surface area contributed by atoms with Gasteiger partial charge in [0.2, 0.25) is 0 Å². The topological polar surface area (TPSA) is 47.9 Å². The van der Waals surface area contributed by atoms with Crippen LogP contribution in [0.5, 0.6) is 5.75 Å². The largest absolute Gasteiger partial charge is 0.480 e. The number of benzene rings is 1. The lowest BCUT2D eigenvalue weighted by Gasteiger charge is -2.10. The molecular weight excluding hydrogens is 293 g/mol. The predicted octanol–water partition coefficient (Wildman–Crippen LogP) is 3.54. The molecule has 0 aliphatic rings. The molecule has 0 spiro atoms. The Balaban J connectivity index is 2.81. The lowest BCUT2D eigenvalue weighted by atomic mass is 10.3. The van der Waals surface area contributed by atoms with Crippen molar-refractivity contribution >= 4 is 40.6 Å². The summed E-state index contributed by atoms with van der Waals surface area (Å²) in [7, 11) is 0. The number of hydrogen-bond acceptors (Lipinski definition) is 5. The highest BCUT2D eigenvalue weighted by atomic mass is 35.5. The van der Waals surface area contributed by atoms with Gasteiger partial charge in [0.1, 0.15) is 11.4 Å². The SMILES string of the molecule is CC(C)OC(=O)COc1cc(N=C=S)c(F)cc1Cl. The molecule has 0 saturated carbocycles. The van der Waals surface area contributed by atoms with Crippen LogP contribution in [0.1, 0.15) is 13.8 Å². The van der Waals surface area contributed by atoms with Crippen molar-refractivity contribution in [3.05, 3.63) is 23.0 Å². The quantitative estimate of drug-likeness (QED) is 0.474. The number of esters is 1. The molecule has 0 saturated heterocycles. The average Bonchev–Trinajstić information content (AvgIpc) is 2.30. The minimum atomic E-state index is -0.653. The number of nitrogens with zero attached hydrogens (tertiary/aromatic N) is 1.